The van der Waals surface area contributed by atoms with E-state index in [1.54, 1.807) is 7.11 Å². The van der Waals surface area contributed by atoms with Gasteiger partial charge in [-0.15, -0.1) is 0 Å². The van der Waals surface area contributed by atoms with Crippen LogP contribution in [0.4, 0.5) is 4.79 Å². The van der Waals surface area contributed by atoms with E-state index in [2.05, 4.69) is 22.7 Å². The Bertz CT molecular complexity index is 544. The molecular weight excluding hydrogens is 308 g/mol. The Labute approximate surface area is 143 Å². The molecule has 1 aromatic rings. The maximum absolute atomic E-state index is 12.4. The first kappa shape index (κ1) is 17.2. The number of aromatic nitrogens is 2. The molecule has 1 saturated heterocycles. The summed E-state index contributed by atoms with van der Waals surface area (Å²) in [4.78, 5) is 12.4. The number of amides is 2. The Hall–Kier alpha value is -1.60. The van der Waals surface area contributed by atoms with Gasteiger partial charge in [0.2, 0.25) is 0 Å². The van der Waals surface area contributed by atoms with Crippen molar-refractivity contribution in [2.75, 3.05) is 20.3 Å². The van der Waals surface area contributed by atoms with E-state index in [-0.39, 0.29) is 24.2 Å². The third kappa shape index (κ3) is 4.27. The summed E-state index contributed by atoms with van der Waals surface area (Å²) in [5.74, 6) is 0.553. The lowest BCUT2D eigenvalue weighted by atomic mass is 9.98. The van der Waals surface area contributed by atoms with Gasteiger partial charge in [-0.05, 0) is 38.5 Å². The van der Waals surface area contributed by atoms with Gasteiger partial charge in [0.15, 0.2) is 0 Å². The lowest BCUT2D eigenvalue weighted by Crippen LogP contribution is -2.51. The van der Waals surface area contributed by atoms with Gasteiger partial charge in [0, 0.05) is 32.0 Å². The van der Waals surface area contributed by atoms with E-state index in [4.69, 9.17) is 9.47 Å². The number of carbonyl (C=O) groups excluding carboxylic acids is 1. The third-order valence-corrected chi connectivity index (χ3v) is 4.80. The molecule has 2 amide bonds. The maximum Gasteiger partial charge on any atom is 0.315 e. The largest absolute Gasteiger partial charge is 0.383 e. The summed E-state index contributed by atoms with van der Waals surface area (Å²) in [6.45, 7) is 4.16. The summed E-state index contributed by atoms with van der Waals surface area (Å²) in [5, 5.41) is 10.5. The van der Waals surface area contributed by atoms with Crippen LogP contribution in [0.2, 0.25) is 0 Å². The maximum atomic E-state index is 12.4. The Morgan fingerprint density at radius 1 is 1.50 bits per heavy atom. The summed E-state index contributed by atoms with van der Waals surface area (Å²) < 4.78 is 13.0. The second-order valence-corrected chi connectivity index (χ2v) is 6.69. The van der Waals surface area contributed by atoms with Crippen LogP contribution in [0.1, 0.15) is 44.3 Å². The summed E-state index contributed by atoms with van der Waals surface area (Å²) in [6.07, 6.45) is 7.90. The molecule has 0 aromatic carbocycles. The van der Waals surface area contributed by atoms with Crippen LogP contribution in [-0.2, 0) is 16.0 Å². The molecule has 1 saturated carbocycles. The molecule has 24 heavy (non-hydrogen) atoms. The number of carbonyl (C=O) groups is 1. The molecule has 3 atom stereocenters. The topological polar surface area (TPSA) is 77.4 Å². The van der Waals surface area contributed by atoms with Crippen LogP contribution in [0.5, 0.6) is 0 Å². The predicted molar refractivity (Wildman–Crippen MR) is 89.7 cm³/mol. The van der Waals surface area contributed by atoms with Crippen molar-refractivity contribution in [1.82, 2.24) is 20.4 Å². The van der Waals surface area contributed by atoms with E-state index in [9.17, 15) is 4.79 Å². The predicted octanol–water partition coefficient (Wildman–Crippen LogP) is 1.85. The van der Waals surface area contributed by atoms with Gasteiger partial charge in [0.25, 0.3) is 0 Å². The fourth-order valence-electron chi connectivity index (χ4n) is 3.31. The van der Waals surface area contributed by atoms with Crippen LogP contribution in [-0.4, -0.2) is 48.2 Å². The Morgan fingerprint density at radius 3 is 3.00 bits per heavy atom. The Kier molecular flexibility index (Phi) is 5.73. The third-order valence-electron chi connectivity index (χ3n) is 4.80. The van der Waals surface area contributed by atoms with Gasteiger partial charge in [-0.1, -0.05) is 0 Å². The number of hydrogen-bond donors (Lipinski definition) is 2. The molecule has 2 N–H and O–H groups in total. The SMILES string of the molecule is CCn1cc([C@H]2OCCC[C@@H]2NC(=O)N[C@@H](COC)C2CC2)cn1. The van der Waals surface area contributed by atoms with E-state index in [1.807, 2.05) is 17.1 Å². The summed E-state index contributed by atoms with van der Waals surface area (Å²) in [7, 11) is 1.67. The highest BCUT2D eigenvalue weighted by molar-refractivity contribution is 5.74. The van der Waals surface area contributed by atoms with E-state index in [0.29, 0.717) is 12.5 Å². The second kappa shape index (κ2) is 7.98. The number of ether oxygens (including phenoxy) is 2. The molecule has 0 bridgehead atoms. The first-order valence-electron chi connectivity index (χ1n) is 8.91. The first-order valence-corrected chi connectivity index (χ1v) is 8.91. The van der Waals surface area contributed by atoms with Gasteiger partial charge in [-0.3, -0.25) is 4.68 Å². The number of aryl methyl sites for hydroxylation is 1. The number of rotatable bonds is 7. The molecule has 7 heteroatoms. The van der Waals surface area contributed by atoms with Crippen LogP contribution >= 0.6 is 0 Å². The van der Waals surface area contributed by atoms with Gasteiger partial charge in [0.1, 0.15) is 6.10 Å². The van der Waals surface area contributed by atoms with E-state index in [0.717, 1.165) is 31.6 Å². The highest BCUT2D eigenvalue weighted by Crippen LogP contribution is 2.33. The molecule has 134 valence electrons. The molecule has 3 rings (SSSR count). The molecule has 1 aromatic heterocycles. The zero-order valence-electron chi connectivity index (χ0n) is 14.5. The molecular formula is C17H28N4O3. The fraction of sp³-hybridized carbons (Fsp3) is 0.765. The summed E-state index contributed by atoms with van der Waals surface area (Å²) >= 11 is 0. The van der Waals surface area contributed by atoms with E-state index < -0.39 is 0 Å². The molecule has 0 radical (unpaired) electrons. The average Bonchev–Trinajstić information content (AvgIpc) is 3.32. The standard InChI is InChI=1S/C17H28N4O3/c1-3-21-10-13(9-18-21)16-14(5-4-8-24-16)19-17(22)20-15(11-23-2)12-6-7-12/h9-10,12,14-16H,3-8,11H2,1-2H3,(H2,19,20,22)/t14-,15-,16+/m0/s1. The first-order chi connectivity index (χ1) is 11.7. The minimum absolute atomic E-state index is 0.0318. The number of methoxy groups -OCH3 is 1. The van der Waals surface area contributed by atoms with Crippen molar-refractivity contribution in [3.8, 4) is 0 Å². The summed E-state index contributed by atoms with van der Waals surface area (Å²) in [6, 6.07) is -0.0659. The average molecular weight is 336 g/mol. The molecule has 2 aliphatic rings. The lowest BCUT2D eigenvalue weighted by Gasteiger charge is -2.32. The Balaban J connectivity index is 1.59. The molecule has 1 aliphatic carbocycles. The minimum atomic E-state index is -0.133. The number of urea groups is 1. The van der Waals surface area contributed by atoms with Crippen LogP contribution in [0.3, 0.4) is 0 Å². The van der Waals surface area contributed by atoms with Gasteiger partial charge >= 0.3 is 6.03 Å². The van der Waals surface area contributed by atoms with Crippen molar-refractivity contribution in [3.05, 3.63) is 18.0 Å². The smallest absolute Gasteiger partial charge is 0.315 e. The van der Waals surface area contributed by atoms with Gasteiger partial charge in [-0.2, -0.15) is 5.10 Å². The van der Waals surface area contributed by atoms with Crippen molar-refractivity contribution < 1.29 is 14.3 Å². The molecule has 1 aliphatic heterocycles. The van der Waals surface area contributed by atoms with Crippen LogP contribution in [0.25, 0.3) is 0 Å². The van der Waals surface area contributed by atoms with Crippen molar-refractivity contribution in [3.63, 3.8) is 0 Å². The zero-order valence-corrected chi connectivity index (χ0v) is 14.5. The van der Waals surface area contributed by atoms with E-state index in [1.165, 1.54) is 12.8 Å². The molecule has 0 unspecified atom stereocenters. The number of hydrogen-bond acceptors (Lipinski definition) is 4. The monoisotopic (exact) mass is 336 g/mol. The summed E-state index contributed by atoms with van der Waals surface area (Å²) in [5.41, 5.74) is 1.03. The van der Waals surface area contributed by atoms with Crippen molar-refractivity contribution in [2.45, 2.75) is 57.3 Å². The quantitative estimate of drug-likeness (QED) is 0.796. The fourth-order valence-corrected chi connectivity index (χ4v) is 3.31. The normalized spacial score (nSPS) is 25.2. The Morgan fingerprint density at radius 2 is 2.33 bits per heavy atom. The van der Waals surface area contributed by atoms with Crippen molar-refractivity contribution in [1.29, 1.82) is 0 Å². The number of nitrogens with zero attached hydrogens (tertiary/aromatic N) is 2. The van der Waals surface area contributed by atoms with Crippen molar-refractivity contribution >= 4 is 6.03 Å². The highest BCUT2D eigenvalue weighted by atomic mass is 16.5. The zero-order chi connectivity index (χ0) is 16.9. The molecule has 7 nitrogen and oxygen atoms in total. The molecule has 2 fully saturated rings. The van der Waals surface area contributed by atoms with Gasteiger partial charge < -0.3 is 20.1 Å². The molecule has 2 heterocycles. The van der Waals surface area contributed by atoms with Crippen LogP contribution < -0.4 is 10.6 Å². The number of nitrogens with one attached hydrogen (secondary N) is 2. The van der Waals surface area contributed by atoms with Crippen molar-refractivity contribution in [2.24, 2.45) is 5.92 Å². The van der Waals surface area contributed by atoms with E-state index >= 15 is 0 Å². The molecule has 0 spiro atoms. The second-order valence-electron chi connectivity index (χ2n) is 6.69. The minimum Gasteiger partial charge on any atom is -0.383 e. The van der Waals surface area contributed by atoms with Gasteiger partial charge in [0.05, 0.1) is 24.9 Å². The lowest BCUT2D eigenvalue weighted by molar-refractivity contribution is -0.00767. The van der Waals surface area contributed by atoms with Crippen LogP contribution in [0.15, 0.2) is 12.4 Å². The van der Waals surface area contributed by atoms with Gasteiger partial charge in [-0.25, -0.2) is 4.79 Å². The highest BCUT2D eigenvalue weighted by Gasteiger charge is 2.34. The van der Waals surface area contributed by atoms with Crippen LogP contribution in [0, 0.1) is 5.92 Å².